The van der Waals surface area contributed by atoms with Gasteiger partial charge in [-0.2, -0.15) is 0 Å². The van der Waals surface area contributed by atoms with Crippen LogP contribution in [0.25, 0.3) is 0 Å². The third-order valence-corrected chi connectivity index (χ3v) is 4.57. The van der Waals surface area contributed by atoms with E-state index in [1.165, 1.54) is 0 Å². The number of aromatic nitrogens is 4. The fourth-order valence-electron chi connectivity index (χ4n) is 3.44. The summed E-state index contributed by atoms with van der Waals surface area (Å²) in [5, 5.41) is 15.2. The van der Waals surface area contributed by atoms with E-state index in [2.05, 4.69) is 25.2 Å². The molecule has 2 aromatic rings. The van der Waals surface area contributed by atoms with Crippen molar-refractivity contribution in [3.63, 3.8) is 0 Å². The van der Waals surface area contributed by atoms with E-state index in [0.717, 1.165) is 61.9 Å². The topological polar surface area (TPSA) is 89.1 Å². The standard InChI is InChI=1S/C15H20N6O2/c1-10-8-12(23-19-10)11-4-2-6-20(11)15(22)16-9-14-18-17-13-5-3-7-21(13)14/h8,11H,2-7,9H2,1H3,(H,16,22)/t11-/m0/s1. The van der Waals surface area contributed by atoms with Gasteiger partial charge in [-0.05, 0) is 26.2 Å². The zero-order valence-electron chi connectivity index (χ0n) is 13.2. The number of rotatable bonds is 3. The maximum absolute atomic E-state index is 12.5. The van der Waals surface area contributed by atoms with Crippen LogP contribution in [0.2, 0.25) is 0 Å². The van der Waals surface area contributed by atoms with Crippen LogP contribution in [-0.4, -0.2) is 37.4 Å². The van der Waals surface area contributed by atoms with Crippen LogP contribution in [0.1, 0.15) is 48.4 Å². The second-order valence-electron chi connectivity index (χ2n) is 6.17. The van der Waals surface area contributed by atoms with Crippen LogP contribution in [0.5, 0.6) is 0 Å². The van der Waals surface area contributed by atoms with Crippen LogP contribution in [0, 0.1) is 6.92 Å². The first-order valence-corrected chi connectivity index (χ1v) is 8.11. The van der Waals surface area contributed by atoms with Crippen molar-refractivity contribution in [1.82, 2.24) is 30.1 Å². The molecule has 4 heterocycles. The third-order valence-electron chi connectivity index (χ3n) is 4.57. The molecule has 2 aliphatic heterocycles. The Labute approximate surface area is 133 Å². The summed E-state index contributed by atoms with van der Waals surface area (Å²) in [4.78, 5) is 14.3. The summed E-state index contributed by atoms with van der Waals surface area (Å²) in [6.45, 7) is 3.97. The van der Waals surface area contributed by atoms with E-state index in [-0.39, 0.29) is 12.1 Å². The van der Waals surface area contributed by atoms with Gasteiger partial charge >= 0.3 is 6.03 Å². The number of aryl methyl sites for hydroxylation is 2. The highest BCUT2D eigenvalue weighted by Crippen LogP contribution is 2.32. The van der Waals surface area contributed by atoms with E-state index in [9.17, 15) is 4.79 Å². The van der Waals surface area contributed by atoms with Crippen LogP contribution in [0.15, 0.2) is 10.6 Å². The van der Waals surface area contributed by atoms with Gasteiger partial charge in [0.2, 0.25) is 0 Å². The maximum atomic E-state index is 12.5. The molecule has 0 aromatic carbocycles. The zero-order valence-corrected chi connectivity index (χ0v) is 13.2. The zero-order chi connectivity index (χ0) is 15.8. The van der Waals surface area contributed by atoms with E-state index in [0.29, 0.717) is 6.54 Å². The molecule has 0 saturated carbocycles. The molecule has 4 rings (SSSR count). The van der Waals surface area contributed by atoms with Gasteiger partial charge < -0.3 is 19.3 Å². The highest BCUT2D eigenvalue weighted by atomic mass is 16.5. The summed E-state index contributed by atoms with van der Waals surface area (Å²) in [6, 6.07) is 1.79. The molecule has 0 bridgehead atoms. The van der Waals surface area contributed by atoms with Crippen molar-refractivity contribution < 1.29 is 9.32 Å². The van der Waals surface area contributed by atoms with Gasteiger partial charge in [-0.3, -0.25) is 0 Å². The first kappa shape index (κ1) is 14.2. The smallest absolute Gasteiger partial charge is 0.318 e. The fourth-order valence-corrected chi connectivity index (χ4v) is 3.44. The lowest BCUT2D eigenvalue weighted by Crippen LogP contribution is -2.39. The molecule has 0 unspecified atom stereocenters. The minimum atomic E-state index is -0.0862. The quantitative estimate of drug-likeness (QED) is 0.928. The largest absolute Gasteiger partial charge is 0.359 e. The van der Waals surface area contributed by atoms with E-state index >= 15 is 0 Å². The molecule has 0 radical (unpaired) electrons. The Morgan fingerprint density at radius 3 is 3.13 bits per heavy atom. The van der Waals surface area contributed by atoms with E-state index in [1.807, 2.05) is 17.9 Å². The molecular weight excluding hydrogens is 296 g/mol. The number of nitrogens with one attached hydrogen (secondary N) is 1. The monoisotopic (exact) mass is 316 g/mol. The molecule has 1 saturated heterocycles. The number of amides is 2. The maximum Gasteiger partial charge on any atom is 0.318 e. The molecule has 8 heteroatoms. The predicted octanol–water partition coefficient (Wildman–Crippen LogP) is 1.57. The Hall–Kier alpha value is -2.38. The van der Waals surface area contributed by atoms with E-state index < -0.39 is 0 Å². The lowest BCUT2D eigenvalue weighted by Gasteiger charge is -2.22. The first-order chi connectivity index (χ1) is 11.2. The average molecular weight is 316 g/mol. The molecule has 23 heavy (non-hydrogen) atoms. The van der Waals surface area contributed by atoms with Gasteiger partial charge in [-0.25, -0.2) is 4.79 Å². The fraction of sp³-hybridized carbons (Fsp3) is 0.600. The Bertz CT molecular complexity index is 721. The lowest BCUT2D eigenvalue weighted by atomic mass is 10.1. The molecule has 2 aliphatic rings. The third kappa shape index (κ3) is 2.58. The Morgan fingerprint density at radius 2 is 2.30 bits per heavy atom. The van der Waals surface area contributed by atoms with E-state index in [1.54, 1.807) is 0 Å². The Balaban J connectivity index is 1.42. The molecule has 0 aliphatic carbocycles. The molecule has 1 N–H and O–H groups in total. The minimum absolute atomic E-state index is 0.0275. The van der Waals surface area contributed by atoms with E-state index in [4.69, 9.17) is 4.52 Å². The summed E-state index contributed by atoms with van der Waals surface area (Å²) in [5.74, 6) is 2.61. The number of hydrogen-bond donors (Lipinski definition) is 1. The summed E-state index contributed by atoms with van der Waals surface area (Å²) in [5.41, 5.74) is 0.839. The van der Waals surface area contributed by atoms with Gasteiger partial charge in [0.25, 0.3) is 0 Å². The van der Waals surface area contributed by atoms with Crippen molar-refractivity contribution in [2.75, 3.05) is 6.54 Å². The van der Waals surface area contributed by atoms with Crippen molar-refractivity contribution in [1.29, 1.82) is 0 Å². The lowest BCUT2D eigenvalue weighted by molar-refractivity contribution is 0.181. The Morgan fingerprint density at radius 1 is 1.39 bits per heavy atom. The number of nitrogens with zero attached hydrogens (tertiary/aromatic N) is 5. The molecule has 2 aromatic heterocycles. The number of likely N-dealkylation sites (tertiary alicyclic amines) is 1. The van der Waals surface area contributed by atoms with Gasteiger partial charge in [0.1, 0.15) is 5.82 Å². The predicted molar refractivity (Wildman–Crippen MR) is 80.5 cm³/mol. The van der Waals surface area contributed by atoms with Crippen LogP contribution in [0.4, 0.5) is 4.79 Å². The highest BCUT2D eigenvalue weighted by molar-refractivity contribution is 5.74. The normalized spacial score (nSPS) is 20.0. The van der Waals surface area contributed by atoms with Crippen molar-refractivity contribution in [2.45, 2.75) is 51.7 Å². The number of carbonyl (C=O) groups is 1. The van der Waals surface area contributed by atoms with Gasteiger partial charge in [0.05, 0.1) is 18.3 Å². The molecule has 2 amide bonds. The second kappa shape index (κ2) is 5.68. The molecule has 8 nitrogen and oxygen atoms in total. The highest BCUT2D eigenvalue weighted by Gasteiger charge is 2.32. The van der Waals surface area contributed by atoms with Crippen LogP contribution < -0.4 is 5.32 Å². The number of hydrogen-bond acceptors (Lipinski definition) is 5. The second-order valence-corrected chi connectivity index (χ2v) is 6.17. The SMILES string of the molecule is Cc1cc([C@@H]2CCCN2C(=O)NCc2nnc3n2CCC3)on1. The van der Waals surface area contributed by atoms with Crippen molar-refractivity contribution >= 4 is 6.03 Å². The van der Waals surface area contributed by atoms with Gasteiger partial charge in [0, 0.05) is 25.6 Å². The van der Waals surface area contributed by atoms with Crippen LogP contribution in [-0.2, 0) is 19.5 Å². The van der Waals surface area contributed by atoms with Crippen molar-refractivity contribution in [3.8, 4) is 0 Å². The van der Waals surface area contributed by atoms with Gasteiger partial charge in [-0.15, -0.1) is 10.2 Å². The molecule has 122 valence electrons. The summed E-state index contributed by atoms with van der Waals surface area (Å²) < 4.78 is 7.44. The van der Waals surface area contributed by atoms with Crippen molar-refractivity contribution in [3.05, 3.63) is 29.2 Å². The van der Waals surface area contributed by atoms with Crippen LogP contribution in [0.3, 0.4) is 0 Å². The van der Waals surface area contributed by atoms with Gasteiger partial charge in [0.15, 0.2) is 11.6 Å². The Kier molecular flexibility index (Phi) is 3.51. The summed E-state index contributed by atoms with van der Waals surface area (Å²) >= 11 is 0. The summed E-state index contributed by atoms with van der Waals surface area (Å²) in [7, 11) is 0. The molecule has 1 fully saturated rings. The summed E-state index contributed by atoms with van der Waals surface area (Å²) in [6.07, 6.45) is 3.95. The van der Waals surface area contributed by atoms with Gasteiger partial charge in [-0.1, -0.05) is 5.16 Å². The van der Waals surface area contributed by atoms with Crippen LogP contribution >= 0.6 is 0 Å². The number of carbonyl (C=O) groups excluding carboxylic acids is 1. The first-order valence-electron chi connectivity index (χ1n) is 8.11. The number of urea groups is 1. The number of fused-ring (bicyclic) bond motifs is 1. The van der Waals surface area contributed by atoms with Crippen molar-refractivity contribution in [2.24, 2.45) is 0 Å². The molecular formula is C15H20N6O2. The molecule has 1 atom stereocenters. The molecule has 0 spiro atoms. The average Bonchev–Trinajstić information content (AvgIpc) is 3.29. The minimum Gasteiger partial charge on any atom is -0.359 e.